The lowest BCUT2D eigenvalue weighted by molar-refractivity contribution is 0.0374. The second kappa shape index (κ2) is 10.7. The van der Waals surface area contributed by atoms with E-state index in [4.69, 9.17) is 9.72 Å². The van der Waals surface area contributed by atoms with Gasteiger partial charge in [0.1, 0.15) is 0 Å². The van der Waals surface area contributed by atoms with Crippen molar-refractivity contribution in [3.63, 3.8) is 0 Å². The van der Waals surface area contributed by atoms with Crippen molar-refractivity contribution in [2.24, 2.45) is 0 Å². The Bertz CT molecular complexity index is 1280. The Kier molecular flexibility index (Phi) is 7.10. The predicted octanol–water partition coefficient (Wildman–Crippen LogP) is 4.07. The molecule has 0 saturated carbocycles. The number of rotatable bonds is 8. The van der Waals surface area contributed by atoms with E-state index in [1.165, 1.54) is 5.56 Å². The van der Waals surface area contributed by atoms with Crippen molar-refractivity contribution in [3.05, 3.63) is 88.8 Å². The van der Waals surface area contributed by atoms with Crippen molar-refractivity contribution in [2.45, 2.75) is 13.0 Å². The third kappa shape index (κ3) is 5.25. The molecule has 1 saturated heterocycles. The maximum atomic E-state index is 12.4. The van der Waals surface area contributed by atoms with E-state index < -0.39 is 0 Å². The maximum Gasteiger partial charge on any atom is 0.257 e. The zero-order chi connectivity index (χ0) is 23.2. The van der Waals surface area contributed by atoms with Crippen LogP contribution in [0.25, 0.3) is 33.3 Å². The van der Waals surface area contributed by atoms with Crippen LogP contribution in [0.1, 0.15) is 12.0 Å². The molecule has 174 valence electrons. The minimum atomic E-state index is -0.122. The van der Waals surface area contributed by atoms with E-state index in [1.807, 2.05) is 30.3 Å². The molecule has 2 aromatic heterocycles. The zero-order valence-electron chi connectivity index (χ0n) is 19.3. The Morgan fingerprint density at radius 3 is 2.56 bits per heavy atom. The van der Waals surface area contributed by atoms with Crippen LogP contribution < -0.4 is 10.9 Å². The third-order valence-electron chi connectivity index (χ3n) is 6.33. The molecule has 6 nitrogen and oxygen atoms in total. The van der Waals surface area contributed by atoms with Crippen LogP contribution in [0.5, 0.6) is 0 Å². The van der Waals surface area contributed by atoms with E-state index in [9.17, 15) is 4.79 Å². The molecule has 0 atom stereocenters. The monoisotopic (exact) mass is 454 g/mol. The average molecular weight is 455 g/mol. The number of morpholine rings is 1. The Morgan fingerprint density at radius 1 is 0.971 bits per heavy atom. The van der Waals surface area contributed by atoms with E-state index in [2.05, 4.69) is 51.6 Å². The maximum absolute atomic E-state index is 12.4. The van der Waals surface area contributed by atoms with E-state index in [0.717, 1.165) is 74.7 Å². The van der Waals surface area contributed by atoms with Gasteiger partial charge in [-0.2, -0.15) is 0 Å². The van der Waals surface area contributed by atoms with Crippen LogP contribution >= 0.6 is 0 Å². The van der Waals surface area contributed by atoms with E-state index >= 15 is 0 Å². The first-order valence-corrected chi connectivity index (χ1v) is 12.0. The highest BCUT2D eigenvalue weighted by Gasteiger charge is 2.13. The topological polar surface area (TPSA) is 70.2 Å². The normalized spacial score (nSPS) is 14.5. The fraction of sp³-hybridized carbons (Fsp3) is 0.286. The fourth-order valence-corrected chi connectivity index (χ4v) is 4.43. The summed E-state index contributed by atoms with van der Waals surface area (Å²) in [5.41, 5.74) is 5.74. The lowest BCUT2D eigenvalue weighted by Crippen LogP contribution is -2.37. The molecule has 5 rings (SSSR count). The number of aromatic amines is 1. The van der Waals surface area contributed by atoms with Gasteiger partial charge in [0.15, 0.2) is 0 Å². The number of fused-ring (bicyclic) bond motifs is 1. The van der Waals surface area contributed by atoms with Gasteiger partial charge in [-0.15, -0.1) is 0 Å². The first kappa shape index (κ1) is 22.5. The minimum absolute atomic E-state index is 0.122. The molecule has 3 heterocycles. The number of benzene rings is 2. The van der Waals surface area contributed by atoms with Gasteiger partial charge in [-0.25, -0.2) is 4.98 Å². The molecule has 0 radical (unpaired) electrons. The zero-order valence-corrected chi connectivity index (χ0v) is 19.3. The summed E-state index contributed by atoms with van der Waals surface area (Å²) in [6, 6.07) is 22.5. The summed E-state index contributed by atoms with van der Waals surface area (Å²) < 4.78 is 5.41. The Labute approximate surface area is 199 Å². The Balaban J connectivity index is 1.31. The van der Waals surface area contributed by atoms with Gasteiger partial charge in [0.2, 0.25) is 0 Å². The number of H-pyrrole nitrogens is 1. The lowest BCUT2D eigenvalue weighted by Gasteiger charge is -2.26. The number of ether oxygens (including phenoxy) is 1. The molecule has 0 aliphatic carbocycles. The molecule has 0 unspecified atom stereocenters. The van der Waals surface area contributed by atoms with Crippen LogP contribution in [0.15, 0.2) is 77.7 Å². The van der Waals surface area contributed by atoms with Crippen LogP contribution in [0.2, 0.25) is 0 Å². The first-order valence-electron chi connectivity index (χ1n) is 12.0. The molecule has 0 bridgehead atoms. The number of nitrogens with zero attached hydrogens (tertiary/aromatic N) is 2. The second-order valence-electron chi connectivity index (χ2n) is 8.67. The lowest BCUT2D eigenvalue weighted by atomic mass is 9.97. The summed E-state index contributed by atoms with van der Waals surface area (Å²) in [6.45, 7) is 6.76. The molecular weight excluding hydrogens is 424 g/mol. The first-order chi connectivity index (χ1) is 16.8. The third-order valence-corrected chi connectivity index (χ3v) is 6.33. The molecule has 1 aliphatic heterocycles. The summed E-state index contributed by atoms with van der Waals surface area (Å²) in [7, 11) is 0. The number of nitrogens with one attached hydrogen (secondary N) is 2. The van der Waals surface area contributed by atoms with Gasteiger partial charge < -0.3 is 15.0 Å². The van der Waals surface area contributed by atoms with Crippen LogP contribution in [0, 0.1) is 0 Å². The van der Waals surface area contributed by atoms with Crippen molar-refractivity contribution in [1.82, 2.24) is 20.2 Å². The SMILES string of the molecule is O=c1[nH]ccc2nc(-c3ccc(CNCCCN4CCOCC4)cc3)c(-c3ccccc3)cc12. The molecule has 0 amide bonds. The predicted molar refractivity (Wildman–Crippen MR) is 137 cm³/mol. The van der Waals surface area contributed by atoms with Crippen LogP contribution in [0.3, 0.4) is 0 Å². The fourth-order valence-electron chi connectivity index (χ4n) is 4.43. The molecule has 6 heteroatoms. The summed E-state index contributed by atoms with van der Waals surface area (Å²) in [5, 5.41) is 4.16. The standard InChI is InChI=1S/C28H30N4O2/c33-28-25-19-24(22-5-2-1-3-6-22)27(31-26(25)11-13-30-28)23-9-7-21(8-10-23)20-29-12-4-14-32-15-17-34-18-16-32/h1-3,5-11,13,19,29H,4,12,14-18,20H2,(H,30,33). The van der Waals surface area contributed by atoms with Crippen LogP contribution in [-0.4, -0.2) is 54.3 Å². The smallest absolute Gasteiger partial charge is 0.257 e. The number of pyridine rings is 2. The van der Waals surface area contributed by atoms with Crippen molar-refractivity contribution >= 4 is 10.9 Å². The number of hydrogen-bond donors (Lipinski definition) is 2. The average Bonchev–Trinajstić information content (AvgIpc) is 2.90. The molecule has 4 aromatic rings. The largest absolute Gasteiger partial charge is 0.379 e. The molecule has 2 aromatic carbocycles. The van der Waals surface area contributed by atoms with Crippen molar-refractivity contribution in [2.75, 3.05) is 39.4 Å². The molecule has 1 aliphatic rings. The highest BCUT2D eigenvalue weighted by Crippen LogP contribution is 2.32. The molecule has 0 spiro atoms. The van der Waals surface area contributed by atoms with Gasteiger partial charge in [0, 0.05) is 37.0 Å². The summed E-state index contributed by atoms with van der Waals surface area (Å²) in [6.07, 6.45) is 2.79. The van der Waals surface area contributed by atoms with Crippen LogP contribution in [0.4, 0.5) is 0 Å². The van der Waals surface area contributed by atoms with Crippen LogP contribution in [-0.2, 0) is 11.3 Å². The molecule has 1 fully saturated rings. The molecule has 2 N–H and O–H groups in total. The van der Waals surface area contributed by atoms with Gasteiger partial charge in [-0.05, 0) is 42.8 Å². The van der Waals surface area contributed by atoms with Crippen molar-refractivity contribution < 1.29 is 4.74 Å². The molecular formula is C28H30N4O2. The van der Waals surface area contributed by atoms with Gasteiger partial charge in [-0.3, -0.25) is 9.69 Å². The van der Waals surface area contributed by atoms with Crippen molar-refractivity contribution in [3.8, 4) is 22.4 Å². The quantitative estimate of drug-likeness (QED) is 0.393. The van der Waals surface area contributed by atoms with E-state index in [0.29, 0.717) is 10.9 Å². The second-order valence-corrected chi connectivity index (χ2v) is 8.67. The van der Waals surface area contributed by atoms with Gasteiger partial charge >= 0.3 is 0 Å². The van der Waals surface area contributed by atoms with Gasteiger partial charge in [-0.1, -0.05) is 54.6 Å². The van der Waals surface area contributed by atoms with E-state index in [-0.39, 0.29) is 5.56 Å². The Morgan fingerprint density at radius 2 is 1.76 bits per heavy atom. The number of aromatic nitrogens is 2. The summed E-state index contributed by atoms with van der Waals surface area (Å²) in [5.74, 6) is 0. The van der Waals surface area contributed by atoms with E-state index in [1.54, 1.807) is 6.20 Å². The highest BCUT2D eigenvalue weighted by atomic mass is 16.5. The summed E-state index contributed by atoms with van der Waals surface area (Å²) >= 11 is 0. The molecule has 34 heavy (non-hydrogen) atoms. The van der Waals surface area contributed by atoms with Crippen molar-refractivity contribution in [1.29, 1.82) is 0 Å². The minimum Gasteiger partial charge on any atom is -0.379 e. The summed E-state index contributed by atoms with van der Waals surface area (Å²) in [4.78, 5) is 22.5. The number of hydrogen-bond acceptors (Lipinski definition) is 5. The highest BCUT2D eigenvalue weighted by molar-refractivity contribution is 5.91. The van der Waals surface area contributed by atoms with Gasteiger partial charge in [0.25, 0.3) is 5.56 Å². The van der Waals surface area contributed by atoms with Gasteiger partial charge in [0.05, 0.1) is 29.8 Å². The Hall–Kier alpha value is -3.32.